The number of hydrazone groups is 1. The standard InChI is InChI=1S/C20H32N6OS/c1-5-11-26(12-6-2)18-14-16(23-20(24-18)27-13-10-21-4)15-22-25-19-9-8-17(7-3)28-19/h8-9,14-15,21,25H,5-7,10-13H2,1-4H3/b22-15+. The molecule has 2 N–H and O–H groups in total. The molecular formula is C20H32N6OS. The van der Waals surface area contributed by atoms with Crippen LogP contribution in [0.2, 0.25) is 0 Å². The van der Waals surface area contributed by atoms with Crippen LogP contribution in [0.15, 0.2) is 23.3 Å². The highest BCUT2D eigenvalue weighted by atomic mass is 32.1. The Labute approximate surface area is 172 Å². The fraction of sp³-hybridized carbons (Fsp3) is 0.550. The molecule has 0 atom stereocenters. The van der Waals surface area contributed by atoms with Crippen molar-refractivity contribution in [2.24, 2.45) is 5.10 Å². The molecule has 2 aromatic rings. The predicted molar refractivity (Wildman–Crippen MR) is 119 cm³/mol. The number of thiophene rings is 1. The molecule has 7 nitrogen and oxygen atoms in total. The Hall–Kier alpha value is -2.19. The Bertz CT molecular complexity index is 727. The Balaban J connectivity index is 2.18. The van der Waals surface area contributed by atoms with Crippen LogP contribution in [0.25, 0.3) is 0 Å². The first kappa shape index (κ1) is 22.1. The van der Waals surface area contributed by atoms with Gasteiger partial charge < -0.3 is 15.0 Å². The normalized spacial score (nSPS) is 11.1. The molecule has 0 radical (unpaired) electrons. The Kier molecular flexibility index (Phi) is 9.71. The molecule has 2 rings (SSSR count). The minimum Gasteiger partial charge on any atom is -0.462 e. The SMILES string of the molecule is CCCN(CCC)c1cc(/C=N/Nc2ccc(CC)s2)nc(OCCNC)n1. The number of nitrogens with zero attached hydrogens (tertiary/aromatic N) is 4. The van der Waals surface area contributed by atoms with Crippen LogP contribution in [0.4, 0.5) is 10.8 Å². The van der Waals surface area contributed by atoms with Crippen molar-refractivity contribution in [3.8, 4) is 6.01 Å². The first-order valence-electron chi connectivity index (χ1n) is 9.99. The highest BCUT2D eigenvalue weighted by Gasteiger charge is 2.11. The number of likely N-dealkylation sites (N-methyl/N-ethyl adjacent to an activating group) is 1. The van der Waals surface area contributed by atoms with Crippen molar-refractivity contribution in [2.45, 2.75) is 40.0 Å². The van der Waals surface area contributed by atoms with Crippen molar-refractivity contribution in [1.82, 2.24) is 15.3 Å². The molecule has 0 saturated carbocycles. The molecule has 0 unspecified atom stereocenters. The second-order valence-corrected chi connectivity index (χ2v) is 7.53. The van der Waals surface area contributed by atoms with Gasteiger partial charge >= 0.3 is 6.01 Å². The van der Waals surface area contributed by atoms with Crippen LogP contribution in [-0.2, 0) is 6.42 Å². The number of anilines is 2. The molecule has 0 aliphatic carbocycles. The van der Waals surface area contributed by atoms with E-state index in [1.807, 2.05) is 19.2 Å². The summed E-state index contributed by atoms with van der Waals surface area (Å²) in [4.78, 5) is 12.7. The molecule has 0 bridgehead atoms. The maximum Gasteiger partial charge on any atom is 0.319 e. The van der Waals surface area contributed by atoms with Crippen LogP contribution in [0, 0.1) is 0 Å². The lowest BCUT2D eigenvalue weighted by Gasteiger charge is -2.23. The van der Waals surface area contributed by atoms with Gasteiger partial charge in [0, 0.05) is 30.6 Å². The lowest BCUT2D eigenvalue weighted by atomic mass is 10.3. The van der Waals surface area contributed by atoms with E-state index in [-0.39, 0.29) is 0 Å². The maximum absolute atomic E-state index is 5.73. The average molecular weight is 405 g/mol. The first-order chi connectivity index (χ1) is 13.7. The third-order valence-electron chi connectivity index (χ3n) is 3.99. The lowest BCUT2D eigenvalue weighted by Crippen LogP contribution is -2.26. The van der Waals surface area contributed by atoms with Crippen molar-refractivity contribution >= 4 is 28.4 Å². The van der Waals surface area contributed by atoms with Crippen LogP contribution < -0.4 is 20.4 Å². The van der Waals surface area contributed by atoms with Gasteiger partial charge in [-0.3, -0.25) is 5.43 Å². The molecule has 0 aliphatic heterocycles. The van der Waals surface area contributed by atoms with Crippen molar-refractivity contribution < 1.29 is 4.74 Å². The summed E-state index contributed by atoms with van der Waals surface area (Å²) in [6, 6.07) is 6.51. The van der Waals surface area contributed by atoms with Crippen molar-refractivity contribution in [3.05, 3.63) is 28.8 Å². The quantitative estimate of drug-likeness (QED) is 0.301. The van der Waals surface area contributed by atoms with Crippen molar-refractivity contribution in [3.63, 3.8) is 0 Å². The molecule has 154 valence electrons. The number of hydrogen-bond acceptors (Lipinski definition) is 8. The number of ether oxygens (including phenoxy) is 1. The fourth-order valence-electron chi connectivity index (χ4n) is 2.64. The summed E-state index contributed by atoms with van der Waals surface area (Å²) in [7, 11) is 1.89. The van der Waals surface area contributed by atoms with Crippen LogP contribution in [0.1, 0.15) is 44.2 Å². The number of hydrogen-bond donors (Lipinski definition) is 2. The zero-order valence-electron chi connectivity index (χ0n) is 17.4. The van der Waals surface area contributed by atoms with Crippen LogP contribution in [0.3, 0.4) is 0 Å². The van der Waals surface area contributed by atoms with E-state index in [0.29, 0.717) is 12.6 Å². The van der Waals surface area contributed by atoms with Crippen LogP contribution in [-0.4, -0.2) is 49.5 Å². The molecule has 28 heavy (non-hydrogen) atoms. The summed E-state index contributed by atoms with van der Waals surface area (Å²) in [5.74, 6) is 0.879. The van der Waals surface area contributed by atoms with Crippen LogP contribution >= 0.6 is 11.3 Å². The van der Waals surface area contributed by atoms with E-state index in [2.05, 4.69) is 57.5 Å². The smallest absolute Gasteiger partial charge is 0.319 e. The topological polar surface area (TPSA) is 74.7 Å². The molecular weight excluding hydrogens is 372 g/mol. The molecule has 0 aromatic carbocycles. The second-order valence-electron chi connectivity index (χ2n) is 6.36. The van der Waals surface area contributed by atoms with E-state index in [1.54, 1.807) is 17.6 Å². The third kappa shape index (κ3) is 7.09. The number of aromatic nitrogens is 2. The fourth-order valence-corrected chi connectivity index (χ4v) is 3.44. The molecule has 2 heterocycles. The van der Waals surface area contributed by atoms with E-state index in [4.69, 9.17) is 4.74 Å². The van der Waals surface area contributed by atoms with Gasteiger partial charge in [0.25, 0.3) is 0 Å². The maximum atomic E-state index is 5.73. The minimum atomic E-state index is 0.385. The van der Waals surface area contributed by atoms with E-state index in [1.165, 1.54) is 4.88 Å². The summed E-state index contributed by atoms with van der Waals surface area (Å²) in [6.45, 7) is 9.65. The molecule has 8 heteroatoms. The largest absolute Gasteiger partial charge is 0.462 e. The van der Waals surface area contributed by atoms with Crippen LogP contribution in [0.5, 0.6) is 6.01 Å². The Morgan fingerprint density at radius 2 is 1.96 bits per heavy atom. The van der Waals surface area contributed by atoms with Gasteiger partial charge in [-0.1, -0.05) is 20.8 Å². The Morgan fingerprint density at radius 3 is 2.61 bits per heavy atom. The summed E-state index contributed by atoms with van der Waals surface area (Å²) < 4.78 is 5.73. The molecule has 0 spiro atoms. The second kappa shape index (κ2) is 12.3. The van der Waals surface area contributed by atoms with Gasteiger partial charge in [-0.15, -0.1) is 11.3 Å². The molecule has 0 fully saturated rings. The van der Waals surface area contributed by atoms with Gasteiger partial charge in [0.15, 0.2) is 0 Å². The average Bonchev–Trinajstić information content (AvgIpc) is 3.16. The van der Waals surface area contributed by atoms with E-state index in [9.17, 15) is 0 Å². The summed E-state index contributed by atoms with van der Waals surface area (Å²) in [5, 5.41) is 8.43. The molecule has 2 aromatic heterocycles. The zero-order chi connectivity index (χ0) is 20.2. The van der Waals surface area contributed by atoms with Gasteiger partial charge in [0.05, 0.1) is 11.9 Å². The highest BCUT2D eigenvalue weighted by molar-refractivity contribution is 7.16. The molecule has 0 aliphatic rings. The minimum absolute atomic E-state index is 0.385. The number of rotatable bonds is 13. The summed E-state index contributed by atoms with van der Waals surface area (Å²) >= 11 is 1.71. The number of nitrogens with one attached hydrogen (secondary N) is 2. The van der Waals surface area contributed by atoms with Gasteiger partial charge in [0.1, 0.15) is 17.4 Å². The van der Waals surface area contributed by atoms with E-state index >= 15 is 0 Å². The molecule has 0 amide bonds. The predicted octanol–water partition coefficient (Wildman–Crippen LogP) is 3.77. The third-order valence-corrected chi connectivity index (χ3v) is 5.12. The van der Waals surface area contributed by atoms with Gasteiger partial charge in [0.2, 0.25) is 0 Å². The van der Waals surface area contributed by atoms with Gasteiger partial charge in [-0.2, -0.15) is 15.1 Å². The lowest BCUT2D eigenvalue weighted by molar-refractivity contribution is 0.293. The van der Waals surface area contributed by atoms with Gasteiger partial charge in [-0.05, 0) is 38.4 Å². The van der Waals surface area contributed by atoms with E-state index in [0.717, 1.165) is 55.4 Å². The Morgan fingerprint density at radius 1 is 1.18 bits per heavy atom. The highest BCUT2D eigenvalue weighted by Crippen LogP contribution is 2.22. The zero-order valence-corrected chi connectivity index (χ0v) is 18.2. The first-order valence-corrected chi connectivity index (χ1v) is 10.8. The summed E-state index contributed by atoms with van der Waals surface area (Å²) in [6.07, 6.45) is 4.87. The van der Waals surface area contributed by atoms with E-state index < -0.39 is 0 Å². The summed E-state index contributed by atoms with van der Waals surface area (Å²) in [5.41, 5.74) is 3.81. The van der Waals surface area contributed by atoms with Gasteiger partial charge in [-0.25, -0.2) is 0 Å². The van der Waals surface area contributed by atoms with Crippen molar-refractivity contribution in [1.29, 1.82) is 0 Å². The van der Waals surface area contributed by atoms with Crippen molar-refractivity contribution in [2.75, 3.05) is 43.6 Å². The molecule has 0 saturated heterocycles. The number of aryl methyl sites for hydroxylation is 1. The monoisotopic (exact) mass is 404 g/mol.